The van der Waals surface area contributed by atoms with Gasteiger partial charge >= 0.3 is 0 Å². The summed E-state index contributed by atoms with van der Waals surface area (Å²) in [4.78, 5) is 8.06. The van der Waals surface area contributed by atoms with Gasteiger partial charge in [0.25, 0.3) is 0 Å². The van der Waals surface area contributed by atoms with Crippen LogP contribution in [0.3, 0.4) is 0 Å². The van der Waals surface area contributed by atoms with Gasteiger partial charge in [-0.15, -0.1) is 11.8 Å². The Balaban J connectivity index is 2.23. The van der Waals surface area contributed by atoms with Crippen molar-refractivity contribution in [3.05, 3.63) is 18.6 Å². The van der Waals surface area contributed by atoms with Gasteiger partial charge in [0.15, 0.2) is 0 Å². The van der Waals surface area contributed by atoms with Gasteiger partial charge in [0.05, 0.1) is 11.6 Å². The summed E-state index contributed by atoms with van der Waals surface area (Å²) in [6.07, 6.45) is 6.45. The van der Waals surface area contributed by atoms with E-state index in [1.54, 1.807) is 24.3 Å². The van der Waals surface area contributed by atoms with E-state index in [4.69, 9.17) is 0 Å². The normalized spacial score (nSPS) is 14.4. The second-order valence-electron chi connectivity index (χ2n) is 4.65. The van der Waals surface area contributed by atoms with E-state index in [1.165, 1.54) is 0 Å². The number of nitrogens with one attached hydrogen (secondary N) is 1. The van der Waals surface area contributed by atoms with Crippen LogP contribution >= 0.6 is 11.8 Å². The SMILES string of the molecule is CCCNC(C)(CO)CCCSc1ccncn1. The highest BCUT2D eigenvalue weighted by atomic mass is 32.2. The lowest BCUT2D eigenvalue weighted by Crippen LogP contribution is -2.46. The summed E-state index contributed by atoms with van der Waals surface area (Å²) in [5, 5.41) is 13.9. The molecule has 0 spiro atoms. The van der Waals surface area contributed by atoms with Crippen molar-refractivity contribution >= 4 is 11.8 Å². The van der Waals surface area contributed by atoms with Gasteiger partial charge < -0.3 is 10.4 Å². The molecule has 0 aliphatic rings. The third-order valence-electron chi connectivity index (χ3n) is 2.83. The summed E-state index contributed by atoms with van der Waals surface area (Å²) in [7, 11) is 0. The number of aromatic nitrogens is 2. The van der Waals surface area contributed by atoms with Gasteiger partial charge in [-0.25, -0.2) is 9.97 Å². The minimum absolute atomic E-state index is 0.151. The average molecular weight is 269 g/mol. The van der Waals surface area contributed by atoms with Gasteiger partial charge in [-0.1, -0.05) is 6.92 Å². The molecular formula is C13H23N3OS. The highest BCUT2D eigenvalue weighted by molar-refractivity contribution is 7.99. The highest BCUT2D eigenvalue weighted by Gasteiger charge is 2.21. The third kappa shape index (κ3) is 5.80. The molecule has 1 aromatic rings. The summed E-state index contributed by atoms with van der Waals surface area (Å²) in [6.45, 7) is 5.36. The molecular weight excluding hydrogens is 246 g/mol. The molecule has 2 N–H and O–H groups in total. The van der Waals surface area contributed by atoms with E-state index in [1.807, 2.05) is 6.07 Å². The molecule has 0 fully saturated rings. The second kappa shape index (κ2) is 8.45. The topological polar surface area (TPSA) is 58.0 Å². The van der Waals surface area contributed by atoms with Gasteiger partial charge in [-0.3, -0.25) is 0 Å². The zero-order valence-electron chi connectivity index (χ0n) is 11.2. The third-order valence-corrected chi connectivity index (χ3v) is 3.86. The molecule has 0 bridgehead atoms. The highest BCUT2D eigenvalue weighted by Crippen LogP contribution is 2.19. The lowest BCUT2D eigenvalue weighted by Gasteiger charge is -2.28. The number of rotatable bonds is 9. The van der Waals surface area contributed by atoms with Crippen molar-refractivity contribution < 1.29 is 5.11 Å². The van der Waals surface area contributed by atoms with E-state index in [0.29, 0.717) is 0 Å². The number of nitrogens with zero attached hydrogens (tertiary/aromatic N) is 2. The first-order valence-corrected chi connectivity index (χ1v) is 7.43. The van der Waals surface area contributed by atoms with E-state index < -0.39 is 0 Å². The van der Waals surface area contributed by atoms with Crippen molar-refractivity contribution in [1.29, 1.82) is 0 Å². The molecule has 0 radical (unpaired) electrons. The molecule has 1 aromatic heterocycles. The Labute approximate surface area is 114 Å². The molecule has 4 nitrogen and oxygen atoms in total. The Kier molecular flexibility index (Phi) is 7.23. The van der Waals surface area contributed by atoms with Crippen LogP contribution in [0.1, 0.15) is 33.1 Å². The maximum Gasteiger partial charge on any atom is 0.116 e. The largest absolute Gasteiger partial charge is 0.394 e. The summed E-state index contributed by atoms with van der Waals surface area (Å²) in [5.41, 5.74) is -0.151. The minimum Gasteiger partial charge on any atom is -0.394 e. The molecule has 0 aliphatic carbocycles. The van der Waals surface area contributed by atoms with Crippen molar-refractivity contribution in [3.63, 3.8) is 0 Å². The summed E-state index contributed by atoms with van der Waals surface area (Å²) in [5.74, 6) is 1.01. The van der Waals surface area contributed by atoms with Crippen LogP contribution in [0.5, 0.6) is 0 Å². The Morgan fingerprint density at radius 1 is 1.50 bits per heavy atom. The first-order valence-electron chi connectivity index (χ1n) is 6.45. The number of aliphatic hydroxyl groups is 1. The molecule has 1 unspecified atom stereocenters. The Morgan fingerprint density at radius 2 is 2.33 bits per heavy atom. The average Bonchev–Trinajstić information content (AvgIpc) is 2.43. The van der Waals surface area contributed by atoms with Crippen LogP contribution in [0.4, 0.5) is 0 Å². The molecule has 0 aliphatic heterocycles. The van der Waals surface area contributed by atoms with Crippen molar-refractivity contribution in [2.24, 2.45) is 0 Å². The van der Waals surface area contributed by atoms with Crippen LogP contribution in [-0.2, 0) is 0 Å². The van der Waals surface area contributed by atoms with Crippen molar-refractivity contribution in [2.45, 2.75) is 43.7 Å². The van der Waals surface area contributed by atoms with Gasteiger partial charge in [0.2, 0.25) is 0 Å². The zero-order chi connectivity index (χ0) is 13.3. The first-order chi connectivity index (χ1) is 8.70. The van der Waals surface area contributed by atoms with Gasteiger partial charge in [-0.05, 0) is 44.6 Å². The molecule has 102 valence electrons. The summed E-state index contributed by atoms with van der Waals surface area (Å²) >= 11 is 1.73. The summed E-state index contributed by atoms with van der Waals surface area (Å²) in [6, 6.07) is 1.92. The van der Waals surface area contributed by atoms with E-state index in [-0.39, 0.29) is 12.1 Å². The summed E-state index contributed by atoms with van der Waals surface area (Å²) < 4.78 is 0. The van der Waals surface area contributed by atoms with Gasteiger partial charge in [-0.2, -0.15) is 0 Å². The quantitative estimate of drug-likeness (QED) is 0.408. The Bertz CT molecular complexity index is 323. The smallest absolute Gasteiger partial charge is 0.116 e. The Morgan fingerprint density at radius 3 is 2.94 bits per heavy atom. The molecule has 18 heavy (non-hydrogen) atoms. The zero-order valence-corrected chi connectivity index (χ0v) is 12.0. The van der Waals surface area contributed by atoms with Crippen LogP contribution < -0.4 is 5.32 Å². The monoisotopic (exact) mass is 269 g/mol. The van der Waals surface area contributed by atoms with Crippen LogP contribution in [0.25, 0.3) is 0 Å². The number of thioether (sulfide) groups is 1. The fourth-order valence-corrected chi connectivity index (χ4v) is 2.43. The fraction of sp³-hybridized carbons (Fsp3) is 0.692. The maximum absolute atomic E-state index is 9.44. The molecule has 5 heteroatoms. The predicted octanol–water partition coefficient (Wildman–Crippen LogP) is 2.10. The second-order valence-corrected chi connectivity index (χ2v) is 5.76. The van der Waals surface area contributed by atoms with Crippen LogP contribution in [0.15, 0.2) is 23.6 Å². The number of hydrogen-bond donors (Lipinski definition) is 2. The maximum atomic E-state index is 9.44. The molecule has 0 amide bonds. The standard InChI is InChI=1S/C13H23N3OS/c1-3-7-16-13(2,10-17)6-4-9-18-12-5-8-14-11-15-12/h5,8,11,16-17H,3-4,6-7,9-10H2,1-2H3. The molecule has 1 rings (SSSR count). The van der Waals surface area contributed by atoms with E-state index in [2.05, 4.69) is 29.1 Å². The lowest BCUT2D eigenvalue weighted by molar-refractivity contribution is 0.165. The minimum atomic E-state index is -0.151. The molecule has 0 aromatic carbocycles. The first kappa shape index (κ1) is 15.4. The molecule has 1 heterocycles. The van der Waals surface area contributed by atoms with E-state index in [0.717, 1.165) is 36.6 Å². The van der Waals surface area contributed by atoms with Crippen LogP contribution in [0, 0.1) is 0 Å². The van der Waals surface area contributed by atoms with Crippen LogP contribution in [0.2, 0.25) is 0 Å². The van der Waals surface area contributed by atoms with Gasteiger partial charge in [0.1, 0.15) is 6.33 Å². The van der Waals surface area contributed by atoms with E-state index >= 15 is 0 Å². The van der Waals surface area contributed by atoms with Crippen LogP contribution in [-0.4, -0.2) is 39.5 Å². The molecule has 1 atom stereocenters. The van der Waals surface area contributed by atoms with Crippen molar-refractivity contribution in [3.8, 4) is 0 Å². The van der Waals surface area contributed by atoms with Crippen molar-refractivity contribution in [2.75, 3.05) is 18.9 Å². The number of aliphatic hydroxyl groups excluding tert-OH is 1. The molecule has 0 saturated carbocycles. The van der Waals surface area contributed by atoms with Crippen molar-refractivity contribution in [1.82, 2.24) is 15.3 Å². The Hall–Kier alpha value is -0.650. The fourth-order valence-electron chi connectivity index (χ4n) is 1.65. The lowest BCUT2D eigenvalue weighted by atomic mass is 9.97. The van der Waals surface area contributed by atoms with Gasteiger partial charge in [0, 0.05) is 11.7 Å². The van der Waals surface area contributed by atoms with E-state index in [9.17, 15) is 5.11 Å². The predicted molar refractivity (Wildman–Crippen MR) is 75.8 cm³/mol. The molecule has 0 saturated heterocycles. The number of hydrogen-bond acceptors (Lipinski definition) is 5.